The lowest BCUT2D eigenvalue weighted by atomic mass is 9.94. The highest BCUT2D eigenvalue weighted by molar-refractivity contribution is 5.85. The molecule has 0 aromatic heterocycles. The summed E-state index contributed by atoms with van der Waals surface area (Å²) in [7, 11) is 1.61. The van der Waals surface area contributed by atoms with Crippen molar-refractivity contribution in [3.05, 3.63) is 29.8 Å². The van der Waals surface area contributed by atoms with Crippen LogP contribution in [0.15, 0.2) is 24.3 Å². The van der Waals surface area contributed by atoms with Gasteiger partial charge in [-0.05, 0) is 24.6 Å². The smallest absolute Gasteiger partial charge is 0.323 e. The molecule has 0 saturated carbocycles. The van der Waals surface area contributed by atoms with Crippen LogP contribution in [-0.4, -0.2) is 25.7 Å². The lowest BCUT2D eigenvalue weighted by molar-refractivity contribution is -0.145. The summed E-state index contributed by atoms with van der Waals surface area (Å²) in [5.41, 5.74) is 6.84. The largest absolute Gasteiger partial charge is 0.497 e. The van der Waals surface area contributed by atoms with E-state index in [1.54, 1.807) is 14.0 Å². The molecule has 5 heteroatoms. The summed E-state index contributed by atoms with van der Waals surface area (Å²) in [5, 5.41) is 0. The first-order valence-corrected chi connectivity index (χ1v) is 5.66. The molecule has 0 aliphatic heterocycles. The third-order valence-corrected chi connectivity index (χ3v) is 2.74. The van der Waals surface area contributed by atoms with Gasteiger partial charge in [-0.25, -0.2) is 0 Å². The predicted molar refractivity (Wildman–Crippen MR) is 73.3 cm³/mol. The van der Waals surface area contributed by atoms with E-state index in [1.165, 1.54) is 0 Å². The molecule has 0 fully saturated rings. The predicted octanol–water partition coefficient (Wildman–Crippen LogP) is 2.11. The number of methoxy groups -OCH3 is 1. The highest BCUT2D eigenvalue weighted by atomic mass is 35.5. The molecule has 1 rings (SSSR count). The van der Waals surface area contributed by atoms with Gasteiger partial charge in [-0.15, -0.1) is 12.4 Å². The Hall–Kier alpha value is -1.26. The fourth-order valence-electron chi connectivity index (χ4n) is 1.56. The van der Waals surface area contributed by atoms with Crippen molar-refractivity contribution < 1.29 is 14.3 Å². The van der Waals surface area contributed by atoms with Crippen LogP contribution in [0.4, 0.5) is 0 Å². The molecule has 0 amide bonds. The number of nitrogens with two attached hydrogens (primary N) is 1. The number of carbonyl (C=O) groups excluding carboxylic acids is 1. The maximum atomic E-state index is 11.5. The van der Waals surface area contributed by atoms with E-state index in [2.05, 4.69) is 0 Å². The zero-order valence-electron chi connectivity index (χ0n) is 10.9. The van der Waals surface area contributed by atoms with Gasteiger partial charge >= 0.3 is 5.97 Å². The van der Waals surface area contributed by atoms with Gasteiger partial charge in [-0.1, -0.05) is 19.1 Å². The fourth-order valence-corrected chi connectivity index (χ4v) is 1.56. The number of benzene rings is 1. The summed E-state index contributed by atoms with van der Waals surface area (Å²) in [6, 6.07) is 6.88. The highest BCUT2D eigenvalue weighted by Gasteiger charge is 2.23. The van der Waals surface area contributed by atoms with Crippen LogP contribution in [0.2, 0.25) is 0 Å². The number of carbonyl (C=O) groups is 1. The summed E-state index contributed by atoms with van der Waals surface area (Å²) in [6.45, 7) is 4.02. The van der Waals surface area contributed by atoms with Crippen LogP contribution in [0.25, 0.3) is 0 Å². The number of halogens is 1. The van der Waals surface area contributed by atoms with Gasteiger partial charge in [-0.3, -0.25) is 4.79 Å². The zero-order chi connectivity index (χ0) is 12.8. The third-order valence-electron chi connectivity index (χ3n) is 2.74. The van der Waals surface area contributed by atoms with E-state index in [4.69, 9.17) is 15.2 Å². The molecule has 18 heavy (non-hydrogen) atoms. The first kappa shape index (κ1) is 16.7. The second kappa shape index (κ2) is 7.95. The lowest BCUT2D eigenvalue weighted by Crippen LogP contribution is -2.37. The van der Waals surface area contributed by atoms with E-state index >= 15 is 0 Å². The maximum Gasteiger partial charge on any atom is 0.323 e. The summed E-state index contributed by atoms with van der Waals surface area (Å²) in [6.07, 6.45) is 0. The molecule has 0 aliphatic rings. The summed E-state index contributed by atoms with van der Waals surface area (Å²) in [5.74, 6) is 0.335. The van der Waals surface area contributed by atoms with Crippen molar-refractivity contribution in [3.63, 3.8) is 0 Å². The van der Waals surface area contributed by atoms with Crippen molar-refractivity contribution in [2.24, 2.45) is 5.73 Å². The minimum absolute atomic E-state index is 0. The number of hydrogen-bond acceptors (Lipinski definition) is 4. The van der Waals surface area contributed by atoms with Crippen LogP contribution in [-0.2, 0) is 9.53 Å². The summed E-state index contributed by atoms with van der Waals surface area (Å²) < 4.78 is 9.98. The molecule has 0 radical (unpaired) electrons. The Labute approximate surface area is 114 Å². The normalized spacial score (nSPS) is 13.1. The highest BCUT2D eigenvalue weighted by Crippen LogP contribution is 2.21. The molecule has 4 nitrogen and oxygen atoms in total. The Kier molecular flexibility index (Phi) is 7.39. The zero-order valence-corrected chi connectivity index (χ0v) is 11.7. The van der Waals surface area contributed by atoms with E-state index in [9.17, 15) is 4.79 Å². The topological polar surface area (TPSA) is 61.5 Å². The number of esters is 1. The number of ether oxygens (including phenoxy) is 2. The standard InChI is InChI=1S/C13H19NO3.ClH/c1-4-17-13(15)12(14)9(2)10-5-7-11(16-3)8-6-10;/h5-9,12H,4,14H2,1-3H3;1H/t9-,12+;/m0./s1. The van der Waals surface area contributed by atoms with Crippen LogP contribution in [0.5, 0.6) is 5.75 Å². The van der Waals surface area contributed by atoms with E-state index in [0.29, 0.717) is 6.61 Å². The first-order chi connectivity index (χ1) is 8.10. The Balaban J connectivity index is 0.00000289. The quantitative estimate of drug-likeness (QED) is 0.835. The van der Waals surface area contributed by atoms with Gasteiger partial charge in [0.15, 0.2) is 0 Å². The molecule has 0 aliphatic carbocycles. The Bertz CT molecular complexity index is 367. The van der Waals surface area contributed by atoms with Gasteiger partial charge in [0.1, 0.15) is 11.8 Å². The van der Waals surface area contributed by atoms with E-state index < -0.39 is 6.04 Å². The molecule has 0 spiro atoms. The molecular formula is C13H20ClNO3. The molecule has 1 aromatic carbocycles. The molecule has 1 aromatic rings. The van der Waals surface area contributed by atoms with Crippen LogP contribution in [0.3, 0.4) is 0 Å². The van der Waals surface area contributed by atoms with Crippen molar-refractivity contribution in [3.8, 4) is 5.75 Å². The van der Waals surface area contributed by atoms with Gasteiger partial charge in [0.25, 0.3) is 0 Å². The molecule has 2 N–H and O–H groups in total. The minimum Gasteiger partial charge on any atom is -0.497 e. The Morgan fingerprint density at radius 2 is 1.89 bits per heavy atom. The molecule has 2 atom stereocenters. The second-order valence-corrected chi connectivity index (χ2v) is 3.84. The number of hydrogen-bond donors (Lipinski definition) is 1. The fraction of sp³-hybridized carbons (Fsp3) is 0.462. The summed E-state index contributed by atoms with van der Waals surface area (Å²) in [4.78, 5) is 11.5. The van der Waals surface area contributed by atoms with Gasteiger partial charge in [-0.2, -0.15) is 0 Å². The molecule has 102 valence electrons. The molecular weight excluding hydrogens is 254 g/mol. The molecule has 0 saturated heterocycles. The molecule has 0 heterocycles. The average molecular weight is 274 g/mol. The van der Waals surface area contributed by atoms with Crippen LogP contribution in [0, 0.1) is 0 Å². The van der Waals surface area contributed by atoms with E-state index in [-0.39, 0.29) is 24.3 Å². The van der Waals surface area contributed by atoms with Gasteiger partial charge in [0.05, 0.1) is 13.7 Å². The maximum absolute atomic E-state index is 11.5. The van der Waals surface area contributed by atoms with Crippen LogP contribution < -0.4 is 10.5 Å². The van der Waals surface area contributed by atoms with Crippen molar-refractivity contribution in [1.82, 2.24) is 0 Å². The van der Waals surface area contributed by atoms with Crippen LogP contribution in [0.1, 0.15) is 25.3 Å². The van der Waals surface area contributed by atoms with E-state index in [0.717, 1.165) is 11.3 Å². The second-order valence-electron chi connectivity index (χ2n) is 3.84. The van der Waals surface area contributed by atoms with Crippen molar-refractivity contribution >= 4 is 18.4 Å². The van der Waals surface area contributed by atoms with E-state index in [1.807, 2.05) is 31.2 Å². The number of rotatable bonds is 5. The molecule has 0 bridgehead atoms. The summed E-state index contributed by atoms with van der Waals surface area (Å²) >= 11 is 0. The third kappa shape index (κ3) is 4.20. The van der Waals surface area contributed by atoms with Gasteiger partial charge in [0.2, 0.25) is 0 Å². The first-order valence-electron chi connectivity index (χ1n) is 5.66. The Morgan fingerprint density at radius 1 is 1.33 bits per heavy atom. The van der Waals surface area contributed by atoms with Crippen molar-refractivity contribution in [2.75, 3.05) is 13.7 Å². The van der Waals surface area contributed by atoms with Crippen molar-refractivity contribution in [2.45, 2.75) is 25.8 Å². The van der Waals surface area contributed by atoms with Gasteiger partial charge < -0.3 is 15.2 Å². The monoisotopic (exact) mass is 273 g/mol. The average Bonchev–Trinajstić information content (AvgIpc) is 2.37. The Morgan fingerprint density at radius 3 is 2.33 bits per heavy atom. The van der Waals surface area contributed by atoms with Crippen LogP contribution >= 0.6 is 12.4 Å². The van der Waals surface area contributed by atoms with Gasteiger partial charge in [0, 0.05) is 5.92 Å². The minimum atomic E-state index is -0.636. The SMILES string of the molecule is CCOC(=O)[C@H](N)[C@@H](C)c1ccc(OC)cc1.Cl. The van der Waals surface area contributed by atoms with Crippen molar-refractivity contribution in [1.29, 1.82) is 0 Å². The lowest BCUT2D eigenvalue weighted by Gasteiger charge is -2.18. The molecule has 0 unspecified atom stereocenters.